The number of benzene rings is 2. The fraction of sp³-hybridized carbons (Fsp3) is 0.0769. The van der Waals surface area contributed by atoms with Crippen LogP contribution in [0.2, 0.25) is 5.02 Å². The van der Waals surface area contributed by atoms with Crippen molar-refractivity contribution in [1.29, 1.82) is 0 Å². The van der Waals surface area contributed by atoms with Crippen molar-refractivity contribution < 1.29 is 13.5 Å². The summed E-state index contributed by atoms with van der Waals surface area (Å²) in [6.07, 6.45) is 0. The minimum absolute atomic E-state index is 0.175. The van der Waals surface area contributed by atoms with Crippen molar-refractivity contribution in [3.05, 3.63) is 57.0 Å². The van der Waals surface area contributed by atoms with Gasteiger partial charge in [-0.1, -0.05) is 39.7 Å². The molecule has 0 amide bonds. The lowest BCUT2D eigenvalue weighted by molar-refractivity contribution is 0.412. The molecule has 0 atom stereocenters. The molecule has 0 spiro atoms. The summed E-state index contributed by atoms with van der Waals surface area (Å²) in [4.78, 5) is 0. The normalized spacial score (nSPS) is 10.6. The molecular formula is C13H9BrClF2NO. The minimum atomic E-state index is -1.08. The van der Waals surface area contributed by atoms with Gasteiger partial charge in [0.25, 0.3) is 0 Å². The molecule has 19 heavy (non-hydrogen) atoms. The number of hydrogen-bond acceptors (Lipinski definition) is 2. The number of para-hydroxylation sites is 1. The second kappa shape index (κ2) is 5.86. The molecular weight excluding hydrogens is 340 g/mol. The van der Waals surface area contributed by atoms with E-state index in [1.54, 1.807) is 18.2 Å². The molecule has 0 fully saturated rings. The first-order chi connectivity index (χ1) is 9.02. The molecule has 6 heteroatoms. The lowest BCUT2D eigenvalue weighted by Gasteiger charge is -2.12. The van der Waals surface area contributed by atoms with Gasteiger partial charge in [-0.25, -0.2) is 4.39 Å². The van der Waals surface area contributed by atoms with Crippen molar-refractivity contribution in [2.24, 2.45) is 5.73 Å². The number of halogens is 4. The zero-order chi connectivity index (χ0) is 14.0. The molecule has 0 aliphatic carbocycles. The molecule has 0 aliphatic rings. The Morgan fingerprint density at radius 2 is 2.00 bits per heavy atom. The predicted octanol–water partition coefficient (Wildman–Crippen LogP) is 4.63. The van der Waals surface area contributed by atoms with Crippen LogP contribution in [0.5, 0.6) is 11.5 Å². The minimum Gasteiger partial charge on any atom is -0.452 e. The van der Waals surface area contributed by atoms with E-state index in [1.165, 1.54) is 6.07 Å². The van der Waals surface area contributed by atoms with E-state index >= 15 is 0 Å². The highest BCUT2D eigenvalue weighted by Gasteiger charge is 2.15. The van der Waals surface area contributed by atoms with Gasteiger partial charge in [0, 0.05) is 16.6 Å². The molecule has 0 saturated heterocycles. The molecule has 2 aromatic carbocycles. The van der Waals surface area contributed by atoms with E-state index in [9.17, 15) is 8.78 Å². The average Bonchev–Trinajstić information content (AvgIpc) is 2.37. The Hall–Kier alpha value is -1.17. The zero-order valence-corrected chi connectivity index (χ0v) is 11.9. The Labute approximate surface area is 122 Å². The molecule has 2 nitrogen and oxygen atoms in total. The van der Waals surface area contributed by atoms with E-state index in [4.69, 9.17) is 22.1 Å². The van der Waals surface area contributed by atoms with Crippen molar-refractivity contribution in [2.75, 3.05) is 0 Å². The maximum atomic E-state index is 13.6. The summed E-state index contributed by atoms with van der Waals surface area (Å²) < 4.78 is 32.7. The van der Waals surface area contributed by atoms with Crippen LogP contribution in [-0.2, 0) is 6.54 Å². The number of nitrogens with two attached hydrogens (primary N) is 1. The molecule has 0 unspecified atom stereocenters. The number of rotatable bonds is 3. The lowest BCUT2D eigenvalue weighted by atomic mass is 10.2. The third-order valence-corrected chi connectivity index (χ3v) is 3.20. The monoisotopic (exact) mass is 347 g/mol. The highest BCUT2D eigenvalue weighted by atomic mass is 79.9. The van der Waals surface area contributed by atoms with Crippen LogP contribution in [0, 0.1) is 11.6 Å². The molecule has 0 heterocycles. The van der Waals surface area contributed by atoms with Crippen molar-refractivity contribution >= 4 is 27.5 Å². The molecule has 2 rings (SSSR count). The summed E-state index contributed by atoms with van der Waals surface area (Å²) in [6, 6.07) is 7.33. The highest BCUT2D eigenvalue weighted by Crippen LogP contribution is 2.35. The SMILES string of the molecule is NCc1cccc(Cl)c1Oc1cc(Br)cc(F)c1F. The van der Waals surface area contributed by atoms with Crippen LogP contribution in [0.15, 0.2) is 34.8 Å². The highest BCUT2D eigenvalue weighted by molar-refractivity contribution is 9.10. The maximum absolute atomic E-state index is 13.6. The number of ether oxygens (including phenoxy) is 1. The van der Waals surface area contributed by atoms with Crippen LogP contribution in [-0.4, -0.2) is 0 Å². The molecule has 0 saturated carbocycles. The fourth-order valence-corrected chi connectivity index (χ4v) is 2.19. The number of hydrogen-bond donors (Lipinski definition) is 1. The van der Waals surface area contributed by atoms with Crippen molar-refractivity contribution in [3.8, 4) is 11.5 Å². The predicted molar refractivity (Wildman–Crippen MR) is 73.5 cm³/mol. The van der Waals surface area contributed by atoms with Crippen LogP contribution in [0.25, 0.3) is 0 Å². The quantitative estimate of drug-likeness (QED) is 0.821. The molecule has 0 aliphatic heterocycles. The van der Waals surface area contributed by atoms with E-state index in [1.807, 2.05) is 0 Å². The molecule has 0 bridgehead atoms. The first kappa shape index (κ1) is 14.2. The van der Waals surface area contributed by atoms with E-state index in [-0.39, 0.29) is 23.1 Å². The molecule has 0 aromatic heterocycles. The van der Waals surface area contributed by atoms with Gasteiger partial charge in [-0.15, -0.1) is 0 Å². The van der Waals surface area contributed by atoms with E-state index in [0.717, 1.165) is 6.07 Å². The van der Waals surface area contributed by atoms with Gasteiger partial charge in [0.05, 0.1) is 5.02 Å². The van der Waals surface area contributed by atoms with Gasteiger partial charge >= 0.3 is 0 Å². The summed E-state index contributed by atoms with van der Waals surface area (Å²) in [6.45, 7) is 0.175. The van der Waals surface area contributed by atoms with Gasteiger partial charge in [0.15, 0.2) is 17.3 Å². The Kier molecular flexibility index (Phi) is 4.39. The third-order valence-electron chi connectivity index (χ3n) is 2.44. The third kappa shape index (κ3) is 3.05. The van der Waals surface area contributed by atoms with Crippen LogP contribution in [0.4, 0.5) is 8.78 Å². The largest absolute Gasteiger partial charge is 0.452 e. The van der Waals surface area contributed by atoms with Gasteiger partial charge in [-0.05, 0) is 18.2 Å². The second-order valence-electron chi connectivity index (χ2n) is 3.73. The molecule has 0 radical (unpaired) electrons. The van der Waals surface area contributed by atoms with E-state index < -0.39 is 11.6 Å². The first-order valence-electron chi connectivity index (χ1n) is 5.32. The van der Waals surface area contributed by atoms with Gasteiger partial charge in [-0.3, -0.25) is 0 Å². The molecule has 100 valence electrons. The summed E-state index contributed by atoms with van der Waals surface area (Å²) in [7, 11) is 0. The first-order valence-corrected chi connectivity index (χ1v) is 6.50. The Bertz CT molecular complexity index is 622. The summed E-state index contributed by atoms with van der Waals surface area (Å²) in [5, 5.41) is 0.280. The van der Waals surface area contributed by atoms with Crippen molar-refractivity contribution in [3.63, 3.8) is 0 Å². The van der Waals surface area contributed by atoms with Crippen LogP contribution in [0.1, 0.15) is 5.56 Å². The van der Waals surface area contributed by atoms with Crippen molar-refractivity contribution in [1.82, 2.24) is 0 Å². The van der Waals surface area contributed by atoms with E-state index in [0.29, 0.717) is 10.0 Å². The van der Waals surface area contributed by atoms with Gasteiger partial charge in [0.1, 0.15) is 0 Å². The maximum Gasteiger partial charge on any atom is 0.201 e. The summed E-state index contributed by atoms with van der Waals surface area (Å²) in [5.41, 5.74) is 6.16. The fourth-order valence-electron chi connectivity index (χ4n) is 1.55. The summed E-state index contributed by atoms with van der Waals surface area (Å²) >= 11 is 9.05. The van der Waals surface area contributed by atoms with E-state index in [2.05, 4.69) is 15.9 Å². The van der Waals surface area contributed by atoms with Gasteiger partial charge in [0.2, 0.25) is 5.82 Å². The van der Waals surface area contributed by atoms with Crippen LogP contribution < -0.4 is 10.5 Å². The lowest BCUT2D eigenvalue weighted by Crippen LogP contribution is -2.01. The summed E-state index contributed by atoms with van der Waals surface area (Å²) in [5.74, 6) is -2.12. The second-order valence-corrected chi connectivity index (χ2v) is 5.06. The Morgan fingerprint density at radius 3 is 2.68 bits per heavy atom. The van der Waals surface area contributed by atoms with Crippen molar-refractivity contribution in [2.45, 2.75) is 6.54 Å². The van der Waals surface area contributed by atoms with Crippen LogP contribution in [0.3, 0.4) is 0 Å². The van der Waals surface area contributed by atoms with Gasteiger partial charge in [-0.2, -0.15) is 4.39 Å². The van der Waals surface area contributed by atoms with Crippen LogP contribution >= 0.6 is 27.5 Å². The topological polar surface area (TPSA) is 35.2 Å². The molecule has 2 N–H and O–H groups in total. The Morgan fingerprint density at radius 1 is 1.26 bits per heavy atom. The zero-order valence-electron chi connectivity index (χ0n) is 9.59. The molecule has 2 aromatic rings. The standard InChI is InChI=1S/C13H9BrClF2NO/c14-8-4-10(16)12(17)11(5-8)19-13-7(6-18)2-1-3-9(13)15/h1-5H,6,18H2. The van der Waals surface area contributed by atoms with Gasteiger partial charge < -0.3 is 10.5 Å². The Balaban J connectivity index is 2.47. The average molecular weight is 349 g/mol. The smallest absolute Gasteiger partial charge is 0.201 e.